The number of fused-ring (bicyclic) bond motifs is 1. The molecule has 0 bridgehead atoms. The van der Waals surface area contributed by atoms with E-state index in [9.17, 15) is 4.79 Å². The zero-order valence-corrected chi connectivity index (χ0v) is 19.1. The van der Waals surface area contributed by atoms with Gasteiger partial charge in [-0.2, -0.15) is 0 Å². The summed E-state index contributed by atoms with van der Waals surface area (Å²) in [4.78, 5) is 12.2. The van der Waals surface area contributed by atoms with Gasteiger partial charge >= 0.3 is 0 Å². The van der Waals surface area contributed by atoms with E-state index in [0.29, 0.717) is 19.7 Å². The first-order valence-corrected chi connectivity index (χ1v) is 11.6. The first-order valence-electron chi connectivity index (χ1n) is 10.6. The molecule has 1 heterocycles. The highest BCUT2D eigenvalue weighted by atomic mass is 32.2. The smallest absolute Gasteiger partial charge is 0.230 e. The van der Waals surface area contributed by atoms with Crippen molar-refractivity contribution in [2.75, 3.05) is 5.75 Å². The number of hydrogen-bond donors (Lipinski definition) is 1. The number of rotatable bonds is 9. The van der Waals surface area contributed by atoms with Crippen LogP contribution >= 0.6 is 11.8 Å². The molecule has 0 saturated heterocycles. The molecular formula is C25H26N4O2S. The number of thioether (sulfide) groups is 1. The maximum absolute atomic E-state index is 12.2. The van der Waals surface area contributed by atoms with E-state index in [1.54, 1.807) is 0 Å². The number of carbonyl (C=O) groups is 1. The van der Waals surface area contributed by atoms with Gasteiger partial charge < -0.3 is 14.6 Å². The predicted octanol–water partition coefficient (Wildman–Crippen LogP) is 4.75. The van der Waals surface area contributed by atoms with Crippen molar-refractivity contribution >= 4 is 28.4 Å². The lowest BCUT2D eigenvalue weighted by Gasteiger charge is -2.12. The number of benzene rings is 3. The second kappa shape index (κ2) is 10.3. The van der Waals surface area contributed by atoms with Crippen LogP contribution in [0.4, 0.5) is 0 Å². The molecule has 0 fully saturated rings. The summed E-state index contributed by atoms with van der Waals surface area (Å²) in [5.74, 6) is 1.83. The van der Waals surface area contributed by atoms with Gasteiger partial charge in [-0.25, -0.2) is 0 Å². The Morgan fingerprint density at radius 1 is 1.03 bits per heavy atom. The lowest BCUT2D eigenvalue weighted by molar-refractivity contribution is -0.118. The molecule has 1 N–H and O–H groups in total. The summed E-state index contributed by atoms with van der Waals surface area (Å²) in [6.07, 6.45) is 0. The Hall–Kier alpha value is -3.32. The van der Waals surface area contributed by atoms with Gasteiger partial charge in [0.15, 0.2) is 11.0 Å². The Morgan fingerprint density at radius 2 is 1.81 bits per heavy atom. The molecule has 0 spiro atoms. The van der Waals surface area contributed by atoms with Crippen LogP contribution in [0.5, 0.6) is 5.75 Å². The molecule has 1 aromatic heterocycles. The van der Waals surface area contributed by atoms with Crippen molar-refractivity contribution in [2.45, 2.75) is 38.7 Å². The van der Waals surface area contributed by atoms with Crippen LogP contribution in [0.1, 0.15) is 23.9 Å². The zero-order chi connectivity index (χ0) is 22.3. The van der Waals surface area contributed by atoms with Crippen molar-refractivity contribution in [1.82, 2.24) is 20.1 Å². The predicted molar refractivity (Wildman–Crippen MR) is 128 cm³/mol. The number of aromatic nitrogens is 3. The van der Waals surface area contributed by atoms with Crippen molar-refractivity contribution in [3.63, 3.8) is 0 Å². The van der Waals surface area contributed by atoms with Gasteiger partial charge in [0.2, 0.25) is 5.91 Å². The minimum absolute atomic E-state index is 0.0332. The number of hydrogen-bond acceptors (Lipinski definition) is 5. The minimum atomic E-state index is -0.0332. The van der Waals surface area contributed by atoms with E-state index in [-0.39, 0.29) is 11.7 Å². The monoisotopic (exact) mass is 446 g/mol. The van der Waals surface area contributed by atoms with E-state index in [1.165, 1.54) is 22.5 Å². The van der Waals surface area contributed by atoms with Gasteiger partial charge in [-0.15, -0.1) is 10.2 Å². The molecule has 7 heteroatoms. The average molecular weight is 447 g/mol. The fraction of sp³-hybridized carbons (Fsp3) is 0.240. The highest BCUT2D eigenvalue weighted by Gasteiger charge is 2.14. The molecule has 1 amide bonds. The lowest BCUT2D eigenvalue weighted by atomic mass is 10.0. The van der Waals surface area contributed by atoms with Gasteiger partial charge in [-0.3, -0.25) is 4.79 Å². The van der Waals surface area contributed by atoms with Crippen molar-refractivity contribution in [2.24, 2.45) is 0 Å². The molecular weight excluding hydrogens is 420 g/mol. The summed E-state index contributed by atoms with van der Waals surface area (Å²) in [7, 11) is 0. The molecule has 4 rings (SSSR count). The van der Waals surface area contributed by atoms with Crippen LogP contribution < -0.4 is 10.1 Å². The quantitative estimate of drug-likeness (QED) is 0.376. The lowest BCUT2D eigenvalue weighted by Crippen LogP contribution is -2.24. The molecule has 0 unspecified atom stereocenters. The molecule has 164 valence electrons. The molecule has 0 radical (unpaired) electrons. The van der Waals surface area contributed by atoms with Crippen molar-refractivity contribution < 1.29 is 9.53 Å². The normalized spacial score (nSPS) is 10.9. The highest BCUT2D eigenvalue weighted by molar-refractivity contribution is 7.99. The van der Waals surface area contributed by atoms with Gasteiger partial charge in [-0.05, 0) is 41.8 Å². The fourth-order valence-corrected chi connectivity index (χ4v) is 4.38. The maximum atomic E-state index is 12.2. The zero-order valence-electron chi connectivity index (χ0n) is 18.2. The van der Waals surface area contributed by atoms with Crippen LogP contribution in [0.3, 0.4) is 0 Å². The van der Waals surface area contributed by atoms with E-state index in [4.69, 9.17) is 4.74 Å². The fourth-order valence-electron chi connectivity index (χ4n) is 3.53. The van der Waals surface area contributed by atoms with Gasteiger partial charge in [0.1, 0.15) is 12.4 Å². The molecule has 0 aliphatic heterocycles. The maximum Gasteiger partial charge on any atom is 0.230 e. The third-order valence-electron chi connectivity index (χ3n) is 5.28. The summed E-state index contributed by atoms with van der Waals surface area (Å²) in [6, 6.07) is 22.2. The number of ether oxygens (including phenoxy) is 1. The summed E-state index contributed by atoms with van der Waals surface area (Å²) in [5.41, 5.74) is 2.18. The van der Waals surface area contributed by atoms with E-state index >= 15 is 0 Å². The molecule has 0 aliphatic carbocycles. The van der Waals surface area contributed by atoms with Crippen LogP contribution in [0, 0.1) is 6.92 Å². The van der Waals surface area contributed by atoms with Gasteiger partial charge in [0.25, 0.3) is 0 Å². The van der Waals surface area contributed by atoms with Crippen molar-refractivity contribution in [3.05, 3.63) is 83.7 Å². The third kappa shape index (κ3) is 5.11. The Bertz CT molecular complexity index is 1210. The van der Waals surface area contributed by atoms with E-state index in [2.05, 4.69) is 40.6 Å². The van der Waals surface area contributed by atoms with Crippen molar-refractivity contribution in [3.8, 4) is 5.75 Å². The van der Waals surface area contributed by atoms with E-state index in [0.717, 1.165) is 27.9 Å². The molecule has 0 saturated carbocycles. The number of nitrogens with one attached hydrogen (secondary N) is 1. The summed E-state index contributed by atoms with van der Waals surface area (Å²) in [6.45, 7) is 5.65. The first kappa shape index (κ1) is 21.9. The molecule has 3 aromatic carbocycles. The van der Waals surface area contributed by atoms with Crippen LogP contribution in [-0.4, -0.2) is 26.4 Å². The Morgan fingerprint density at radius 3 is 2.62 bits per heavy atom. The number of nitrogens with zero attached hydrogens (tertiary/aromatic N) is 3. The van der Waals surface area contributed by atoms with Gasteiger partial charge in [-0.1, -0.05) is 72.4 Å². The Labute approximate surface area is 192 Å². The molecule has 6 nitrogen and oxygen atoms in total. The largest absolute Gasteiger partial charge is 0.485 e. The highest BCUT2D eigenvalue weighted by Crippen LogP contribution is 2.28. The average Bonchev–Trinajstić information content (AvgIpc) is 3.23. The van der Waals surface area contributed by atoms with Crippen LogP contribution in [0.2, 0.25) is 0 Å². The first-order chi connectivity index (χ1) is 15.7. The van der Waals surface area contributed by atoms with Crippen LogP contribution in [-0.2, 0) is 24.5 Å². The summed E-state index contributed by atoms with van der Waals surface area (Å²) < 4.78 is 8.08. The molecule has 32 heavy (non-hydrogen) atoms. The molecule has 0 atom stereocenters. The number of aryl methyl sites for hydroxylation is 1. The van der Waals surface area contributed by atoms with E-state index in [1.807, 2.05) is 60.0 Å². The standard InChI is InChI=1S/C25H26N4O2S/c1-3-29-23(16-31-22-14-13-20-11-7-8-12-21(20)18(22)2)27-28-25(29)32-17-24(30)26-15-19-9-5-4-6-10-19/h4-14H,3,15-17H2,1-2H3,(H,26,30). The van der Waals surface area contributed by atoms with Crippen molar-refractivity contribution in [1.29, 1.82) is 0 Å². The second-order valence-electron chi connectivity index (χ2n) is 7.39. The molecule has 4 aromatic rings. The topological polar surface area (TPSA) is 69.0 Å². The van der Waals surface area contributed by atoms with Gasteiger partial charge in [0.05, 0.1) is 5.75 Å². The number of amides is 1. The second-order valence-corrected chi connectivity index (χ2v) is 8.34. The molecule has 0 aliphatic rings. The van der Waals surface area contributed by atoms with Crippen LogP contribution in [0.25, 0.3) is 10.8 Å². The Balaban J connectivity index is 1.35. The third-order valence-corrected chi connectivity index (χ3v) is 6.25. The SMILES string of the molecule is CCn1c(COc2ccc3ccccc3c2C)nnc1SCC(=O)NCc1ccccc1. The summed E-state index contributed by atoms with van der Waals surface area (Å²) in [5, 5.41) is 14.6. The van der Waals surface area contributed by atoms with Crippen LogP contribution in [0.15, 0.2) is 71.9 Å². The summed E-state index contributed by atoms with van der Waals surface area (Å²) >= 11 is 1.38. The Kier molecular flexibility index (Phi) is 7.07. The van der Waals surface area contributed by atoms with E-state index < -0.39 is 0 Å². The minimum Gasteiger partial charge on any atom is -0.485 e. The number of carbonyl (C=O) groups excluding carboxylic acids is 1. The van der Waals surface area contributed by atoms with Gasteiger partial charge in [0, 0.05) is 13.1 Å².